The van der Waals surface area contributed by atoms with Gasteiger partial charge < -0.3 is 15.7 Å². The Morgan fingerprint density at radius 1 is 1.67 bits per heavy atom. The van der Waals surface area contributed by atoms with Crippen molar-refractivity contribution >= 4 is 5.91 Å². The summed E-state index contributed by atoms with van der Waals surface area (Å²) in [6.45, 7) is 0.635. The molecule has 0 saturated heterocycles. The number of amides is 1. The summed E-state index contributed by atoms with van der Waals surface area (Å²) in [4.78, 5) is 10.5. The van der Waals surface area contributed by atoms with Gasteiger partial charge in [0.2, 0.25) is 5.91 Å². The molecule has 0 aromatic heterocycles. The van der Waals surface area contributed by atoms with Crippen LogP contribution in [0.5, 0.6) is 0 Å². The van der Waals surface area contributed by atoms with Gasteiger partial charge >= 0.3 is 0 Å². The zero-order valence-electron chi connectivity index (χ0n) is 5.48. The quantitative estimate of drug-likeness (QED) is 0.428. The van der Waals surface area contributed by atoms with Crippen LogP contribution in [0.25, 0.3) is 0 Å². The van der Waals surface area contributed by atoms with Crippen LogP contribution >= 0.6 is 0 Å². The lowest BCUT2D eigenvalue weighted by Crippen LogP contribution is -2.33. The molecule has 0 aromatic rings. The molecule has 0 fully saturated rings. The van der Waals surface area contributed by atoms with Crippen LogP contribution in [0, 0.1) is 0 Å². The summed E-state index contributed by atoms with van der Waals surface area (Å²) in [5.74, 6) is -0.0912. The second kappa shape index (κ2) is 5.53. The Bertz CT molecular complexity index is 85.0. The Labute approximate surface area is 54.3 Å². The van der Waals surface area contributed by atoms with Gasteiger partial charge in [-0.2, -0.15) is 0 Å². The van der Waals surface area contributed by atoms with E-state index in [2.05, 4.69) is 10.6 Å². The molecule has 0 spiro atoms. The van der Waals surface area contributed by atoms with Gasteiger partial charge in [-0.15, -0.1) is 0 Å². The third-order valence-corrected chi connectivity index (χ3v) is 0.771. The van der Waals surface area contributed by atoms with Gasteiger partial charge in [0.15, 0.2) is 0 Å². The largest absolute Gasteiger partial charge is 0.395 e. The predicted octanol–water partition coefficient (Wildman–Crippen LogP) is -1.69. The molecule has 0 aliphatic heterocycles. The molecule has 1 amide bonds. The first kappa shape index (κ1) is 8.39. The smallest absolute Gasteiger partial charge is 0.234 e. The van der Waals surface area contributed by atoms with E-state index in [0.29, 0.717) is 13.1 Å². The standard InChI is InChI=1S/C5H12N2O2/c1-6-4-5(9)7-2-3-8/h6,8H,2-4H2,1H3,(H,7,9). The van der Waals surface area contributed by atoms with E-state index in [0.717, 1.165) is 0 Å². The number of carbonyl (C=O) groups excluding carboxylic acids is 1. The van der Waals surface area contributed by atoms with Gasteiger partial charge in [-0.1, -0.05) is 0 Å². The van der Waals surface area contributed by atoms with Crippen molar-refractivity contribution in [2.45, 2.75) is 0 Å². The fourth-order valence-electron chi connectivity index (χ4n) is 0.418. The lowest BCUT2D eigenvalue weighted by molar-refractivity contribution is -0.120. The van der Waals surface area contributed by atoms with Crippen molar-refractivity contribution < 1.29 is 9.90 Å². The minimum absolute atomic E-state index is 0.00451. The van der Waals surface area contributed by atoms with Gasteiger partial charge in [-0.3, -0.25) is 4.79 Å². The first-order chi connectivity index (χ1) is 4.31. The normalized spacial score (nSPS) is 9.11. The predicted molar refractivity (Wildman–Crippen MR) is 34.0 cm³/mol. The van der Waals surface area contributed by atoms with Crippen LogP contribution in [0.4, 0.5) is 0 Å². The summed E-state index contributed by atoms with van der Waals surface area (Å²) in [6, 6.07) is 0. The van der Waals surface area contributed by atoms with Crippen molar-refractivity contribution in [3.8, 4) is 0 Å². The SMILES string of the molecule is CNCC(=O)NCCO. The van der Waals surface area contributed by atoms with E-state index in [9.17, 15) is 4.79 Å². The van der Waals surface area contributed by atoms with Crippen molar-refractivity contribution in [2.24, 2.45) is 0 Å². The van der Waals surface area contributed by atoms with Crippen LogP contribution < -0.4 is 10.6 Å². The number of rotatable bonds is 4. The zero-order chi connectivity index (χ0) is 7.11. The maximum Gasteiger partial charge on any atom is 0.234 e. The molecular weight excluding hydrogens is 120 g/mol. The van der Waals surface area contributed by atoms with E-state index in [1.54, 1.807) is 7.05 Å². The second-order valence-electron chi connectivity index (χ2n) is 1.60. The highest BCUT2D eigenvalue weighted by molar-refractivity contribution is 5.77. The third-order valence-electron chi connectivity index (χ3n) is 0.771. The Kier molecular flexibility index (Phi) is 5.15. The maximum absolute atomic E-state index is 10.5. The van der Waals surface area contributed by atoms with Crippen molar-refractivity contribution in [1.82, 2.24) is 10.6 Å². The molecule has 4 nitrogen and oxygen atoms in total. The summed E-state index contributed by atoms with van der Waals surface area (Å²) >= 11 is 0. The summed E-state index contributed by atoms with van der Waals surface area (Å²) in [5.41, 5.74) is 0. The zero-order valence-corrected chi connectivity index (χ0v) is 5.48. The number of hydrogen-bond donors (Lipinski definition) is 3. The van der Waals surface area contributed by atoms with Crippen LogP contribution in [0.3, 0.4) is 0 Å². The highest BCUT2D eigenvalue weighted by Crippen LogP contribution is 1.60. The Morgan fingerprint density at radius 2 is 2.33 bits per heavy atom. The van der Waals surface area contributed by atoms with Gasteiger partial charge in [0.25, 0.3) is 0 Å². The van der Waals surface area contributed by atoms with Gasteiger partial charge in [-0.25, -0.2) is 0 Å². The fraction of sp³-hybridized carbons (Fsp3) is 0.800. The van der Waals surface area contributed by atoms with E-state index in [4.69, 9.17) is 5.11 Å². The Morgan fingerprint density at radius 3 is 2.78 bits per heavy atom. The molecule has 0 unspecified atom stereocenters. The molecule has 4 heteroatoms. The van der Waals surface area contributed by atoms with Crippen LogP contribution in [-0.2, 0) is 4.79 Å². The fourth-order valence-corrected chi connectivity index (χ4v) is 0.418. The molecular formula is C5H12N2O2. The van der Waals surface area contributed by atoms with Gasteiger partial charge in [0.1, 0.15) is 0 Å². The lowest BCUT2D eigenvalue weighted by Gasteiger charge is -1.99. The Balaban J connectivity index is 3.06. The summed E-state index contributed by atoms with van der Waals surface area (Å²) in [5, 5.41) is 13.4. The van der Waals surface area contributed by atoms with Crippen molar-refractivity contribution in [1.29, 1.82) is 0 Å². The van der Waals surface area contributed by atoms with Crippen LogP contribution in [0.15, 0.2) is 0 Å². The molecule has 9 heavy (non-hydrogen) atoms. The highest BCUT2D eigenvalue weighted by atomic mass is 16.3. The first-order valence-electron chi connectivity index (χ1n) is 2.83. The molecule has 0 atom stereocenters. The first-order valence-corrected chi connectivity index (χ1v) is 2.83. The molecule has 0 radical (unpaired) electrons. The molecule has 0 bridgehead atoms. The molecule has 0 rings (SSSR count). The number of likely N-dealkylation sites (N-methyl/N-ethyl adjacent to an activating group) is 1. The monoisotopic (exact) mass is 132 g/mol. The molecule has 0 saturated carbocycles. The van der Waals surface area contributed by atoms with Gasteiger partial charge in [0, 0.05) is 6.54 Å². The van der Waals surface area contributed by atoms with E-state index < -0.39 is 0 Å². The average molecular weight is 132 g/mol. The topological polar surface area (TPSA) is 61.4 Å². The van der Waals surface area contributed by atoms with E-state index in [-0.39, 0.29) is 12.5 Å². The number of aliphatic hydroxyl groups excluding tert-OH is 1. The van der Waals surface area contributed by atoms with Gasteiger partial charge in [0.05, 0.1) is 13.2 Å². The minimum atomic E-state index is -0.0912. The number of carbonyl (C=O) groups is 1. The van der Waals surface area contributed by atoms with Crippen LogP contribution in [-0.4, -0.2) is 37.8 Å². The average Bonchev–Trinajstić information content (AvgIpc) is 1.85. The van der Waals surface area contributed by atoms with Gasteiger partial charge in [-0.05, 0) is 7.05 Å². The molecule has 0 heterocycles. The minimum Gasteiger partial charge on any atom is -0.395 e. The molecule has 3 N–H and O–H groups in total. The van der Waals surface area contributed by atoms with Crippen molar-refractivity contribution in [2.75, 3.05) is 26.7 Å². The Hall–Kier alpha value is -0.610. The molecule has 0 aliphatic carbocycles. The summed E-state index contributed by atoms with van der Waals surface area (Å²) < 4.78 is 0. The molecule has 54 valence electrons. The van der Waals surface area contributed by atoms with Crippen molar-refractivity contribution in [3.63, 3.8) is 0 Å². The highest BCUT2D eigenvalue weighted by Gasteiger charge is 1.94. The summed E-state index contributed by atoms with van der Waals surface area (Å²) in [7, 11) is 1.69. The summed E-state index contributed by atoms with van der Waals surface area (Å²) in [6.07, 6.45) is 0. The van der Waals surface area contributed by atoms with E-state index >= 15 is 0 Å². The molecule has 0 aromatic carbocycles. The van der Waals surface area contributed by atoms with Crippen molar-refractivity contribution in [3.05, 3.63) is 0 Å². The third kappa shape index (κ3) is 5.26. The number of nitrogens with one attached hydrogen (secondary N) is 2. The van der Waals surface area contributed by atoms with Crippen LogP contribution in [0.2, 0.25) is 0 Å². The van der Waals surface area contributed by atoms with Crippen LogP contribution in [0.1, 0.15) is 0 Å². The maximum atomic E-state index is 10.5. The van der Waals surface area contributed by atoms with E-state index in [1.807, 2.05) is 0 Å². The van der Waals surface area contributed by atoms with E-state index in [1.165, 1.54) is 0 Å². The second-order valence-corrected chi connectivity index (χ2v) is 1.60. The molecule has 0 aliphatic rings. The lowest BCUT2D eigenvalue weighted by atomic mass is 10.5. The number of aliphatic hydroxyl groups is 1. The number of hydrogen-bond acceptors (Lipinski definition) is 3.